The minimum absolute atomic E-state index is 0.0314. The lowest BCUT2D eigenvalue weighted by molar-refractivity contribution is 0.0835. The maximum atomic E-state index is 12.2. The van der Waals surface area contributed by atoms with Crippen LogP contribution in [0.3, 0.4) is 0 Å². The van der Waals surface area contributed by atoms with Crippen molar-refractivity contribution >= 4 is 11.6 Å². The second-order valence-corrected chi connectivity index (χ2v) is 4.33. The molecule has 22 heavy (non-hydrogen) atoms. The summed E-state index contributed by atoms with van der Waals surface area (Å²) >= 11 is 0. The first-order valence-corrected chi connectivity index (χ1v) is 7.14. The van der Waals surface area contributed by atoms with Crippen molar-refractivity contribution in [3.05, 3.63) is 27.8 Å². The van der Waals surface area contributed by atoms with E-state index in [0.29, 0.717) is 12.2 Å². The van der Waals surface area contributed by atoms with Crippen LogP contribution in [-0.4, -0.2) is 38.4 Å². The molecule has 1 atom stereocenters. The number of nitrogens with two attached hydrogens (primary N) is 1. The van der Waals surface area contributed by atoms with Gasteiger partial charge in [0.05, 0.1) is 18.8 Å². The third-order valence-electron chi connectivity index (χ3n) is 2.97. The van der Waals surface area contributed by atoms with Gasteiger partial charge in [0.1, 0.15) is 11.4 Å². The number of aromatic nitrogens is 4. The molecule has 0 radical (unpaired) electrons. The third kappa shape index (κ3) is 3.68. The lowest BCUT2D eigenvalue weighted by Gasteiger charge is -2.15. The molecule has 0 aliphatic rings. The molecule has 122 valence electrons. The first-order valence-electron chi connectivity index (χ1n) is 7.14. The minimum atomic E-state index is -0.512. The van der Waals surface area contributed by atoms with Crippen molar-refractivity contribution < 1.29 is 9.63 Å². The summed E-state index contributed by atoms with van der Waals surface area (Å²) in [5.41, 5.74) is -0.248. The number of carbonyl (C=O) groups is 1. The average molecular weight is 310 g/mol. The van der Waals surface area contributed by atoms with E-state index in [2.05, 4.69) is 25.5 Å². The summed E-state index contributed by atoms with van der Waals surface area (Å²) in [6, 6.07) is -0.274. The number of hydrogen-bond acceptors (Lipinski definition) is 6. The van der Waals surface area contributed by atoms with Gasteiger partial charge in [-0.15, -0.1) is 0 Å². The van der Waals surface area contributed by atoms with Crippen LogP contribution in [0.4, 0.5) is 0 Å². The van der Waals surface area contributed by atoms with Crippen LogP contribution in [0, 0.1) is 6.92 Å². The van der Waals surface area contributed by atoms with Gasteiger partial charge in [-0.25, -0.2) is 5.90 Å². The fourth-order valence-corrected chi connectivity index (χ4v) is 1.84. The van der Waals surface area contributed by atoms with Crippen LogP contribution in [0.2, 0.25) is 0 Å². The van der Waals surface area contributed by atoms with Crippen molar-refractivity contribution in [3.8, 4) is 0 Å². The SMILES string of the molecule is CC.CCC(CON)NC(=O)c1c(=O)cnn2c(C)n[nH]c12. The predicted molar refractivity (Wildman–Crippen MR) is 81.4 cm³/mol. The normalized spacial score (nSPS) is 11.7. The van der Waals surface area contributed by atoms with Gasteiger partial charge in [-0.3, -0.25) is 14.7 Å². The summed E-state index contributed by atoms with van der Waals surface area (Å²) in [6.07, 6.45) is 1.71. The van der Waals surface area contributed by atoms with E-state index in [1.165, 1.54) is 4.52 Å². The van der Waals surface area contributed by atoms with Gasteiger partial charge in [0.25, 0.3) is 5.91 Å². The molecule has 0 fully saturated rings. The smallest absolute Gasteiger partial charge is 0.259 e. The number of rotatable bonds is 5. The molecule has 2 heterocycles. The molecule has 2 aromatic heterocycles. The lowest BCUT2D eigenvalue weighted by atomic mass is 10.2. The predicted octanol–water partition coefficient (Wildman–Crippen LogP) is 0.151. The zero-order valence-corrected chi connectivity index (χ0v) is 13.2. The fourth-order valence-electron chi connectivity index (χ4n) is 1.84. The molecular formula is C13H22N6O3. The molecule has 4 N–H and O–H groups in total. The van der Waals surface area contributed by atoms with Gasteiger partial charge in [0, 0.05) is 0 Å². The van der Waals surface area contributed by atoms with Crippen LogP contribution < -0.4 is 16.6 Å². The fraction of sp³-hybridized carbons (Fsp3) is 0.538. The molecule has 1 unspecified atom stereocenters. The quantitative estimate of drug-likeness (QED) is 0.675. The second kappa shape index (κ2) is 8.25. The van der Waals surface area contributed by atoms with Crippen molar-refractivity contribution in [2.75, 3.05) is 6.61 Å². The third-order valence-corrected chi connectivity index (χ3v) is 2.97. The van der Waals surface area contributed by atoms with Crippen molar-refractivity contribution in [2.45, 2.75) is 40.2 Å². The maximum absolute atomic E-state index is 12.2. The molecule has 0 spiro atoms. The summed E-state index contributed by atoms with van der Waals surface area (Å²) < 4.78 is 1.40. The van der Waals surface area contributed by atoms with Gasteiger partial charge in [-0.2, -0.15) is 14.7 Å². The van der Waals surface area contributed by atoms with Crippen LogP contribution >= 0.6 is 0 Å². The molecular weight excluding hydrogens is 288 g/mol. The van der Waals surface area contributed by atoms with Crippen LogP contribution in [0.15, 0.2) is 11.0 Å². The number of aromatic amines is 1. The summed E-state index contributed by atoms with van der Waals surface area (Å²) in [4.78, 5) is 28.6. The number of amides is 1. The Morgan fingerprint density at radius 1 is 1.55 bits per heavy atom. The molecule has 0 saturated heterocycles. The summed E-state index contributed by atoms with van der Waals surface area (Å²) in [6.45, 7) is 7.75. The molecule has 0 bridgehead atoms. The van der Waals surface area contributed by atoms with E-state index in [9.17, 15) is 9.59 Å². The number of nitrogens with one attached hydrogen (secondary N) is 2. The van der Waals surface area contributed by atoms with Crippen LogP contribution in [0.25, 0.3) is 5.65 Å². The van der Waals surface area contributed by atoms with Gasteiger partial charge in [-0.1, -0.05) is 20.8 Å². The topological polar surface area (TPSA) is 127 Å². The first kappa shape index (κ1) is 17.8. The Bertz CT molecular complexity index is 678. The lowest BCUT2D eigenvalue weighted by Crippen LogP contribution is -2.40. The minimum Gasteiger partial charge on any atom is -0.347 e. The van der Waals surface area contributed by atoms with Crippen molar-refractivity contribution in [1.82, 2.24) is 25.1 Å². The Balaban J connectivity index is 0.00000116. The monoisotopic (exact) mass is 310 g/mol. The van der Waals surface area contributed by atoms with Crippen molar-refractivity contribution in [3.63, 3.8) is 0 Å². The summed E-state index contributed by atoms with van der Waals surface area (Å²) in [5, 5.41) is 13.2. The van der Waals surface area contributed by atoms with Gasteiger partial charge < -0.3 is 10.2 Å². The van der Waals surface area contributed by atoms with E-state index in [1.54, 1.807) is 6.92 Å². The number of hydrogen-bond donors (Lipinski definition) is 3. The molecule has 0 aliphatic heterocycles. The first-order chi connectivity index (χ1) is 10.6. The van der Waals surface area contributed by atoms with Crippen molar-refractivity contribution in [1.29, 1.82) is 0 Å². The van der Waals surface area contributed by atoms with Gasteiger partial charge in [0.15, 0.2) is 5.65 Å². The molecule has 0 aromatic carbocycles. The van der Waals surface area contributed by atoms with Gasteiger partial charge in [-0.05, 0) is 13.3 Å². The zero-order valence-electron chi connectivity index (χ0n) is 13.2. The number of nitrogens with zero attached hydrogens (tertiary/aromatic N) is 3. The van der Waals surface area contributed by atoms with Gasteiger partial charge >= 0.3 is 0 Å². The highest BCUT2D eigenvalue weighted by Crippen LogP contribution is 2.04. The highest BCUT2D eigenvalue weighted by Gasteiger charge is 2.20. The van der Waals surface area contributed by atoms with Crippen LogP contribution in [0.1, 0.15) is 43.4 Å². The van der Waals surface area contributed by atoms with Gasteiger partial charge in [0.2, 0.25) is 5.43 Å². The standard InChI is InChI=1S/C11H16N6O3.C2H6/c1-3-7(5-20-12)14-11(19)9-8(18)4-13-17-6(2)15-16-10(9)17;1-2/h4,7,16H,3,5,12H2,1-2H3,(H,14,19);1-2H3. The van der Waals surface area contributed by atoms with E-state index in [0.717, 1.165) is 6.20 Å². The molecule has 2 aromatic rings. The van der Waals surface area contributed by atoms with E-state index in [-0.39, 0.29) is 23.9 Å². The second-order valence-electron chi connectivity index (χ2n) is 4.33. The number of fused-ring (bicyclic) bond motifs is 1. The summed E-state index contributed by atoms with van der Waals surface area (Å²) in [7, 11) is 0. The number of carbonyl (C=O) groups excluding carboxylic acids is 1. The average Bonchev–Trinajstić information content (AvgIpc) is 2.89. The number of H-pyrrole nitrogens is 1. The largest absolute Gasteiger partial charge is 0.347 e. The highest BCUT2D eigenvalue weighted by atomic mass is 16.6. The molecule has 9 heteroatoms. The van der Waals surface area contributed by atoms with E-state index in [1.807, 2.05) is 20.8 Å². The molecule has 2 rings (SSSR count). The molecule has 0 aliphatic carbocycles. The maximum Gasteiger partial charge on any atom is 0.259 e. The Kier molecular flexibility index (Phi) is 6.67. The highest BCUT2D eigenvalue weighted by molar-refractivity contribution is 5.99. The van der Waals surface area contributed by atoms with E-state index < -0.39 is 11.3 Å². The Hall–Kier alpha value is -2.26. The van der Waals surface area contributed by atoms with Crippen LogP contribution in [0.5, 0.6) is 0 Å². The molecule has 9 nitrogen and oxygen atoms in total. The Labute approximate surface area is 127 Å². The van der Waals surface area contributed by atoms with E-state index >= 15 is 0 Å². The Morgan fingerprint density at radius 2 is 2.23 bits per heavy atom. The molecule has 0 saturated carbocycles. The van der Waals surface area contributed by atoms with Crippen molar-refractivity contribution in [2.24, 2.45) is 5.90 Å². The summed E-state index contributed by atoms with van der Waals surface area (Å²) in [5.74, 6) is 5.04. The molecule has 1 amide bonds. The van der Waals surface area contributed by atoms with E-state index in [4.69, 9.17) is 5.90 Å². The van der Waals surface area contributed by atoms with Crippen LogP contribution in [-0.2, 0) is 4.84 Å². The zero-order chi connectivity index (χ0) is 16.7. The Morgan fingerprint density at radius 3 is 2.82 bits per heavy atom. The number of aryl methyl sites for hydroxylation is 1.